The maximum Gasteiger partial charge on any atom is 0.123 e. The van der Waals surface area contributed by atoms with Gasteiger partial charge in [-0.25, -0.2) is 0 Å². The van der Waals surface area contributed by atoms with Gasteiger partial charge in [-0.05, 0) is 26.1 Å². The van der Waals surface area contributed by atoms with Crippen molar-refractivity contribution >= 4 is 0 Å². The lowest BCUT2D eigenvalue weighted by atomic mass is 10.0. The van der Waals surface area contributed by atoms with E-state index in [0.717, 1.165) is 12.3 Å². The van der Waals surface area contributed by atoms with Crippen LogP contribution in [0, 0.1) is 0 Å². The quantitative estimate of drug-likeness (QED) is 0.721. The van der Waals surface area contributed by atoms with Gasteiger partial charge in [0.1, 0.15) is 5.75 Å². The van der Waals surface area contributed by atoms with Crippen molar-refractivity contribution in [2.45, 2.75) is 32.2 Å². The number of hydrogen-bond donors (Lipinski definition) is 1. The molecule has 3 nitrogen and oxygen atoms in total. The summed E-state index contributed by atoms with van der Waals surface area (Å²) in [6.07, 6.45) is 3.74. The zero-order chi connectivity index (χ0) is 13.4. The molecule has 0 amide bonds. The Kier molecular flexibility index (Phi) is 6.76. The van der Waals surface area contributed by atoms with Crippen molar-refractivity contribution in [3.63, 3.8) is 0 Å². The number of methoxy groups -OCH3 is 1. The molecule has 0 aromatic heterocycles. The standard InChI is InChI=1S/C15H26N2O/c1-4-5-8-11-17(2)14(12-16)13-9-6-7-10-15(13)18-3/h6-7,9-10,14H,4-5,8,11-12,16H2,1-3H3. The van der Waals surface area contributed by atoms with Crippen LogP contribution in [0.3, 0.4) is 0 Å². The lowest BCUT2D eigenvalue weighted by Crippen LogP contribution is -2.31. The van der Waals surface area contributed by atoms with Crippen molar-refractivity contribution < 1.29 is 4.74 Å². The van der Waals surface area contributed by atoms with E-state index in [-0.39, 0.29) is 6.04 Å². The molecule has 1 atom stereocenters. The van der Waals surface area contributed by atoms with Crippen LogP contribution in [0.5, 0.6) is 5.75 Å². The smallest absolute Gasteiger partial charge is 0.123 e. The van der Waals surface area contributed by atoms with E-state index in [1.807, 2.05) is 18.2 Å². The van der Waals surface area contributed by atoms with Crippen LogP contribution < -0.4 is 10.5 Å². The summed E-state index contributed by atoms with van der Waals surface area (Å²) in [5.74, 6) is 0.926. The summed E-state index contributed by atoms with van der Waals surface area (Å²) in [4.78, 5) is 2.33. The Balaban J connectivity index is 2.75. The summed E-state index contributed by atoms with van der Waals surface area (Å²) < 4.78 is 5.42. The van der Waals surface area contributed by atoms with E-state index in [1.165, 1.54) is 24.8 Å². The number of hydrogen-bond acceptors (Lipinski definition) is 3. The van der Waals surface area contributed by atoms with E-state index in [0.29, 0.717) is 6.54 Å². The fraction of sp³-hybridized carbons (Fsp3) is 0.600. The molecule has 0 spiro atoms. The summed E-state index contributed by atoms with van der Waals surface area (Å²) in [5.41, 5.74) is 7.12. The minimum Gasteiger partial charge on any atom is -0.496 e. The third-order valence-electron chi connectivity index (χ3n) is 3.37. The Morgan fingerprint density at radius 1 is 1.28 bits per heavy atom. The monoisotopic (exact) mass is 250 g/mol. The SMILES string of the molecule is CCCCCN(C)C(CN)c1ccccc1OC. The second-order valence-electron chi connectivity index (χ2n) is 4.68. The van der Waals surface area contributed by atoms with E-state index in [4.69, 9.17) is 10.5 Å². The average Bonchev–Trinajstić information content (AvgIpc) is 2.40. The second-order valence-corrected chi connectivity index (χ2v) is 4.68. The zero-order valence-corrected chi connectivity index (χ0v) is 11.9. The van der Waals surface area contributed by atoms with Crippen LogP contribution in [-0.2, 0) is 0 Å². The van der Waals surface area contributed by atoms with Crippen molar-refractivity contribution in [3.8, 4) is 5.75 Å². The first kappa shape index (κ1) is 15.0. The Labute approximate surface area is 111 Å². The van der Waals surface area contributed by atoms with Crippen LogP contribution in [0.25, 0.3) is 0 Å². The Morgan fingerprint density at radius 3 is 2.61 bits per heavy atom. The molecule has 1 unspecified atom stereocenters. The van der Waals surface area contributed by atoms with Gasteiger partial charge in [0, 0.05) is 12.1 Å². The summed E-state index contributed by atoms with van der Waals surface area (Å²) >= 11 is 0. The molecule has 1 aromatic carbocycles. The van der Waals surface area contributed by atoms with Gasteiger partial charge in [0.15, 0.2) is 0 Å². The number of rotatable bonds is 8. The highest BCUT2D eigenvalue weighted by atomic mass is 16.5. The lowest BCUT2D eigenvalue weighted by Gasteiger charge is -2.28. The molecule has 0 aliphatic rings. The number of nitrogens with two attached hydrogens (primary N) is 1. The van der Waals surface area contributed by atoms with Crippen molar-refractivity contribution in [2.75, 3.05) is 27.2 Å². The topological polar surface area (TPSA) is 38.5 Å². The molecule has 0 saturated carbocycles. The van der Waals surface area contributed by atoms with Gasteiger partial charge in [-0.3, -0.25) is 4.90 Å². The first-order valence-corrected chi connectivity index (χ1v) is 6.77. The van der Waals surface area contributed by atoms with Crippen LogP contribution in [0.4, 0.5) is 0 Å². The van der Waals surface area contributed by atoms with Crippen molar-refractivity contribution in [3.05, 3.63) is 29.8 Å². The number of nitrogens with zero attached hydrogens (tertiary/aromatic N) is 1. The molecule has 18 heavy (non-hydrogen) atoms. The molecule has 0 fully saturated rings. The Hall–Kier alpha value is -1.06. The van der Waals surface area contributed by atoms with Gasteiger partial charge in [0.2, 0.25) is 0 Å². The maximum absolute atomic E-state index is 5.94. The van der Waals surface area contributed by atoms with Gasteiger partial charge >= 0.3 is 0 Å². The number of para-hydroxylation sites is 1. The number of unbranched alkanes of at least 4 members (excludes halogenated alkanes) is 2. The predicted molar refractivity (Wildman–Crippen MR) is 76.9 cm³/mol. The highest BCUT2D eigenvalue weighted by Crippen LogP contribution is 2.27. The first-order valence-electron chi connectivity index (χ1n) is 6.77. The zero-order valence-electron chi connectivity index (χ0n) is 11.9. The van der Waals surface area contributed by atoms with Crippen LogP contribution in [-0.4, -0.2) is 32.1 Å². The number of benzene rings is 1. The maximum atomic E-state index is 5.94. The van der Waals surface area contributed by atoms with Crippen molar-refractivity contribution in [1.82, 2.24) is 4.90 Å². The summed E-state index contributed by atoms with van der Waals surface area (Å²) in [7, 11) is 3.85. The van der Waals surface area contributed by atoms with E-state index in [1.54, 1.807) is 7.11 Å². The second kappa shape index (κ2) is 8.11. The first-order chi connectivity index (χ1) is 8.74. The third-order valence-corrected chi connectivity index (χ3v) is 3.37. The lowest BCUT2D eigenvalue weighted by molar-refractivity contribution is 0.239. The molecule has 3 heteroatoms. The molecule has 0 bridgehead atoms. The van der Waals surface area contributed by atoms with Gasteiger partial charge in [0.25, 0.3) is 0 Å². The third kappa shape index (κ3) is 4.00. The van der Waals surface area contributed by atoms with Gasteiger partial charge < -0.3 is 10.5 Å². The number of ether oxygens (including phenoxy) is 1. The van der Waals surface area contributed by atoms with E-state index in [2.05, 4.69) is 24.9 Å². The van der Waals surface area contributed by atoms with Gasteiger partial charge in [-0.15, -0.1) is 0 Å². The van der Waals surface area contributed by atoms with E-state index < -0.39 is 0 Å². The molecular formula is C15H26N2O. The van der Waals surface area contributed by atoms with E-state index >= 15 is 0 Å². The van der Waals surface area contributed by atoms with E-state index in [9.17, 15) is 0 Å². The predicted octanol–water partition coefficient (Wildman–Crippen LogP) is 2.82. The highest BCUT2D eigenvalue weighted by molar-refractivity contribution is 5.36. The molecule has 0 heterocycles. The molecular weight excluding hydrogens is 224 g/mol. The van der Waals surface area contributed by atoms with Gasteiger partial charge in [-0.2, -0.15) is 0 Å². The molecule has 0 aliphatic carbocycles. The molecule has 0 radical (unpaired) electrons. The molecule has 102 valence electrons. The average molecular weight is 250 g/mol. The largest absolute Gasteiger partial charge is 0.496 e. The Bertz CT molecular complexity index is 341. The summed E-state index contributed by atoms with van der Waals surface area (Å²) in [5, 5.41) is 0. The van der Waals surface area contributed by atoms with Crippen molar-refractivity contribution in [1.29, 1.82) is 0 Å². The van der Waals surface area contributed by atoms with Gasteiger partial charge in [-0.1, -0.05) is 38.0 Å². The molecule has 0 aliphatic heterocycles. The van der Waals surface area contributed by atoms with Crippen LogP contribution >= 0.6 is 0 Å². The van der Waals surface area contributed by atoms with Crippen LogP contribution in [0.15, 0.2) is 24.3 Å². The summed E-state index contributed by atoms with van der Waals surface area (Å²) in [6, 6.07) is 8.37. The highest BCUT2D eigenvalue weighted by Gasteiger charge is 2.18. The minimum absolute atomic E-state index is 0.234. The van der Waals surface area contributed by atoms with Crippen LogP contribution in [0.1, 0.15) is 37.8 Å². The Morgan fingerprint density at radius 2 is 2.00 bits per heavy atom. The van der Waals surface area contributed by atoms with Gasteiger partial charge in [0.05, 0.1) is 13.2 Å². The van der Waals surface area contributed by atoms with Crippen molar-refractivity contribution in [2.24, 2.45) is 5.73 Å². The summed E-state index contributed by atoms with van der Waals surface area (Å²) in [6.45, 7) is 3.91. The van der Waals surface area contributed by atoms with Crippen LogP contribution in [0.2, 0.25) is 0 Å². The molecule has 1 rings (SSSR count). The minimum atomic E-state index is 0.234. The molecule has 0 saturated heterocycles. The molecule has 1 aromatic rings. The number of likely N-dealkylation sites (N-methyl/N-ethyl adjacent to an activating group) is 1. The normalized spacial score (nSPS) is 12.7. The molecule has 2 N–H and O–H groups in total. The fourth-order valence-electron chi connectivity index (χ4n) is 2.25. The fourth-order valence-corrected chi connectivity index (χ4v) is 2.25.